The van der Waals surface area contributed by atoms with Gasteiger partial charge in [-0.15, -0.1) is 0 Å². The van der Waals surface area contributed by atoms with Crippen LogP contribution in [0.1, 0.15) is 84.5 Å². The van der Waals surface area contributed by atoms with Gasteiger partial charge in [-0.3, -0.25) is 4.79 Å². The number of carbonyl (C=O) groups is 1. The van der Waals surface area contributed by atoms with Crippen molar-refractivity contribution in [3.05, 3.63) is 12.7 Å². The minimum Gasteiger partial charge on any atom is -0.416 e. The van der Waals surface area contributed by atoms with Crippen LogP contribution in [0.3, 0.4) is 0 Å². The molecule has 0 aromatic rings. The Labute approximate surface area is 229 Å². The molecule has 0 fully saturated rings. The molecule has 0 radical (unpaired) electrons. The second-order valence-corrected chi connectivity index (χ2v) is 30.1. The molecule has 0 bridgehead atoms. The van der Waals surface area contributed by atoms with E-state index in [1.54, 1.807) is 0 Å². The zero-order chi connectivity index (χ0) is 28.0. The lowest BCUT2D eigenvalue weighted by molar-refractivity contribution is -0.128. The van der Waals surface area contributed by atoms with Crippen molar-refractivity contribution in [1.29, 1.82) is 0 Å². The molecule has 5 nitrogen and oxygen atoms in total. The van der Waals surface area contributed by atoms with E-state index in [9.17, 15) is 4.79 Å². The Morgan fingerprint density at radius 3 is 1.36 bits per heavy atom. The largest absolute Gasteiger partial charge is 0.493 e. The normalized spacial score (nSPS) is 14.1. The summed E-state index contributed by atoms with van der Waals surface area (Å²) in [4.78, 5) is 15.2. The fourth-order valence-corrected chi connectivity index (χ4v) is 19.2. The molecule has 0 saturated heterocycles. The van der Waals surface area contributed by atoms with E-state index in [0.717, 1.165) is 19.3 Å². The first-order valence-corrected chi connectivity index (χ1v) is 26.6. The van der Waals surface area contributed by atoms with Gasteiger partial charge in [0.15, 0.2) is 25.0 Å². The Hall–Kier alpha value is -0.0425. The molecule has 0 aliphatic rings. The minimum atomic E-state index is -3.23. The van der Waals surface area contributed by atoms with Crippen LogP contribution in [-0.4, -0.2) is 56.8 Å². The van der Waals surface area contributed by atoms with Gasteiger partial charge in [-0.25, -0.2) is 0 Å². The van der Waals surface area contributed by atoms with Crippen LogP contribution in [0, 0.1) is 0 Å². The molecule has 0 aliphatic heterocycles. The fourth-order valence-electron chi connectivity index (χ4n) is 4.51. The number of nitrogens with zero attached hydrogens (tertiary/aromatic N) is 1. The van der Waals surface area contributed by atoms with Crippen LogP contribution in [0.15, 0.2) is 12.7 Å². The van der Waals surface area contributed by atoms with Crippen molar-refractivity contribution in [3.8, 4) is 0 Å². The van der Waals surface area contributed by atoms with Gasteiger partial charge in [-0.05, 0) is 77.8 Å². The van der Waals surface area contributed by atoms with Crippen molar-refractivity contribution in [2.75, 3.05) is 6.54 Å². The topological polar surface area (TPSA) is 48.0 Å². The highest BCUT2D eigenvalue weighted by molar-refractivity contribution is 6.90. The third-order valence-electron chi connectivity index (χ3n) is 5.73. The second-order valence-electron chi connectivity index (χ2n) is 13.1. The smallest absolute Gasteiger partial charge is 0.416 e. The quantitative estimate of drug-likeness (QED) is 0.0780. The van der Waals surface area contributed by atoms with Gasteiger partial charge in [0.05, 0.1) is 5.67 Å². The molecule has 214 valence electrons. The van der Waals surface area contributed by atoms with Crippen LogP contribution in [0.2, 0.25) is 58.9 Å². The Morgan fingerprint density at radius 1 is 0.694 bits per heavy atom. The van der Waals surface area contributed by atoms with Gasteiger partial charge >= 0.3 is 8.80 Å². The zero-order valence-electron chi connectivity index (χ0n) is 25.9. The Balaban J connectivity index is 5.69. The maximum absolute atomic E-state index is 13.2. The molecule has 0 aromatic heterocycles. The van der Waals surface area contributed by atoms with E-state index >= 15 is 0 Å². The number of amides is 1. The maximum atomic E-state index is 13.2. The molecule has 0 heterocycles. The molecule has 0 N–H and O–H groups in total. The Bertz CT molecular complexity index is 586. The van der Waals surface area contributed by atoms with Gasteiger partial charge in [-0.2, -0.15) is 0 Å². The first kappa shape index (κ1) is 36.0. The molecule has 36 heavy (non-hydrogen) atoms. The first-order chi connectivity index (χ1) is 16.5. The highest BCUT2D eigenvalue weighted by Gasteiger charge is 2.57. The summed E-state index contributed by atoms with van der Waals surface area (Å²) in [5, 5.41) is 0. The molecular formula is C27H61NO4Si4. The number of hydrogen-bond donors (Lipinski definition) is 0. The van der Waals surface area contributed by atoms with Crippen LogP contribution >= 0.6 is 0 Å². The highest BCUT2D eigenvalue weighted by Crippen LogP contribution is 2.32. The number of carbonyl (C=O) groups excluding carboxylic acids is 1. The van der Waals surface area contributed by atoms with Crippen molar-refractivity contribution in [3.63, 3.8) is 0 Å². The van der Waals surface area contributed by atoms with Crippen molar-refractivity contribution in [2.45, 2.75) is 149 Å². The van der Waals surface area contributed by atoms with Crippen molar-refractivity contribution >= 4 is 39.7 Å². The van der Waals surface area contributed by atoms with E-state index in [0.29, 0.717) is 6.54 Å². The minimum absolute atomic E-state index is 0.0350. The molecule has 1 unspecified atom stereocenters. The van der Waals surface area contributed by atoms with Gasteiger partial charge in [0.2, 0.25) is 5.91 Å². The molecule has 1 atom stereocenters. The molecule has 0 aromatic carbocycles. The monoisotopic (exact) mass is 575 g/mol. The van der Waals surface area contributed by atoms with E-state index in [1.807, 2.05) is 4.90 Å². The molecule has 9 heteroatoms. The van der Waals surface area contributed by atoms with Crippen LogP contribution < -0.4 is 0 Å². The molecule has 0 saturated carbocycles. The molecule has 0 aliphatic carbocycles. The lowest BCUT2D eigenvalue weighted by Crippen LogP contribution is -2.71. The molecule has 1 amide bonds. The summed E-state index contributed by atoms with van der Waals surface area (Å²) in [6.07, 6.45) is 14.9. The predicted octanol–water partition coefficient (Wildman–Crippen LogP) is 8.73. The van der Waals surface area contributed by atoms with E-state index in [4.69, 9.17) is 12.3 Å². The average molecular weight is 576 g/mol. The van der Waals surface area contributed by atoms with Gasteiger partial charge in [0.25, 0.3) is 0 Å². The molecule has 0 rings (SSSR count). The van der Waals surface area contributed by atoms with E-state index < -0.39 is 33.8 Å². The van der Waals surface area contributed by atoms with Gasteiger partial charge < -0.3 is 17.2 Å². The van der Waals surface area contributed by atoms with E-state index in [2.05, 4.69) is 79.3 Å². The summed E-state index contributed by atoms with van der Waals surface area (Å²) in [7, 11) is -9.33. The van der Waals surface area contributed by atoms with Crippen molar-refractivity contribution < 1.29 is 17.1 Å². The third kappa shape index (κ3) is 16.0. The van der Waals surface area contributed by atoms with Gasteiger partial charge in [-0.1, -0.05) is 78.2 Å². The summed E-state index contributed by atoms with van der Waals surface area (Å²) < 4.78 is 20.9. The fraction of sp³-hybridized carbons (Fsp3) is 0.889. The lowest BCUT2D eigenvalue weighted by atomic mass is 10.1. The van der Waals surface area contributed by atoms with Crippen LogP contribution in [0.25, 0.3) is 0 Å². The van der Waals surface area contributed by atoms with Crippen LogP contribution in [0.4, 0.5) is 0 Å². The SMILES string of the molecule is C=CC(=O)N(CCCCCCCCCCCC)C(CC)[Si](O[Si](C)(C)C)(O[Si](C)(C)C)O[Si](C)(C)C. The maximum Gasteiger partial charge on any atom is 0.493 e. The summed E-state index contributed by atoms with van der Waals surface area (Å²) in [5.74, 6) is -0.0350. The first-order valence-electron chi connectivity index (χ1n) is 14.5. The van der Waals surface area contributed by atoms with Crippen LogP contribution in [-0.2, 0) is 17.1 Å². The molecular weight excluding hydrogens is 515 g/mol. The second kappa shape index (κ2) is 16.8. The van der Waals surface area contributed by atoms with Gasteiger partial charge in [0.1, 0.15) is 0 Å². The highest BCUT2D eigenvalue weighted by atomic mass is 28.5. The standard InChI is InChI=1S/C27H61NO4Si4/c1-13-16-17-18-19-20-21-22-23-24-25-28(26(29)14-2)27(15-3)36(30-33(4,5)6,31-34(7,8)9)32-35(10,11)12/h14,27H,2,13,15-25H2,1,3-12H3. The lowest BCUT2D eigenvalue weighted by Gasteiger charge is -2.49. The Kier molecular flexibility index (Phi) is 16.8. The molecule has 0 spiro atoms. The predicted molar refractivity (Wildman–Crippen MR) is 167 cm³/mol. The van der Waals surface area contributed by atoms with Crippen molar-refractivity contribution in [2.24, 2.45) is 0 Å². The number of unbranched alkanes of at least 4 members (excludes halogenated alkanes) is 9. The van der Waals surface area contributed by atoms with E-state index in [1.165, 1.54) is 57.4 Å². The summed E-state index contributed by atoms with van der Waals surface area (Å²) in [5.41, 5.74) is -0.188. The average Bonchev–Trinajstić information content (AvgIpc) is 2.69. The third-order valence-corrected chi connectivity index (χ3v) is 18.0. The summed E-state index contributed by atoms with van der Waals surface area (Å²) in [6, 6.07) is 0. The summed E-state index contributed by atoms with van der Waals surface area (Å²) >= 11 is 0. The zero-order valence-corrected chi connectivity index (χ0v) is 29.9. The number of hydrogen-bond acceptors (Lipinski definition) is 4. The number of rotatable bonds is 21. The Morgan fingerprint density at radius 2 is 1.06 bits per heavy atom. The van der Waals surface area contributed by atoms with Gasteiger partial charge in [0, 0.05) is 6.54 Å². The van der Waals surface area contributed by atoms with Crippen LogP contribution in [0.5, 0.6) is 0 Å². The summed E-state index contributed by atoms with van der Waals surface area (Å²) in [6.45, 7) is 28.7. The van der Waals surface area contributed by atoms with E-state index in [-0.39, 0.29) is 11.6 Å². The van der Waals surface area contributed by atoms with Crippen molar-refractivity contribution in [1.82, 2.24) is 4.90 Å².